The number of carbonyl (C=O) groups is 2. The van der Waals surface area contributed by atoms with E-state index in [2.05, 4.69) is 0 Å². The second-order valence-electron chi connectivity index (χ2n) is 4.21. The lowest BCUT2D eigenvalue weighted by molar-refractivity contribution is -0.130. The van der Waals surface area contributed by atoms with Crippen LogP contribution in [0.4, 0.5) is 0 Å². The van der Waals surface area contributed by atoms with Crippen LogP contribution in [0.1, 0.15) is 5.56 Å². The van der Waals surface area contributed by atoms with Crippen molar-refractivity contribution in [1.29, 1.82) is 0 Å². The first-order chi connectivity index (χ1) is 8.79. The zero-order valence-electron chi connectivity index (χ0n) is 10.2. The molecule has 0 aromatic heterocycles. The van der Waals surface area contributed by atoms with Gasteiger partial charge < -0.3 is 9.80 Å². The molecule has 0 unspecified atom stereocenters. The second kappa shape index (κ2) is 6.00. The average Bonchev–Trinajstić information content (AvgIpc) is 2.46. The topological polar surface area (TPSA) is 40.6 Å². The molecule has 4 nitrogen and oxygen atoms in total. The van der Waals surface area contributed by atoms with E-state index in [1.54, 1.807) is 15.9 Å². The molecule has 2 amide bonds. The van der Waals surface area contributed by atoms with E-state index in [1.807, 2.05) is 36.4 Å². The summed E-state index contributed by atoms with van der Waals surface area (Å²) in [5.41, 5.74) is 1.01. The summed E-state index contributed by atoms with van der Waals surface area (Å²) in [5, 5.41) is 0. The first-order valence-corrected chi connectivity index (χ1v) is 6.01. The molecule has 18 heavy (non-hydrogen) atoms. The van der Waals surface area contributed by atoms with Crippen LogP contribution in [0.25, 0.3) is 6.08 Å². The summed E-state index contributed by atoms with van der Waals surface area (Å²) in [6.45, 7) is 2.45. The summed E-state index contributed by atoms with van der Waals surface area (Å²) < 4.78 is 0. The summed E-state index contributed by atoms with van der Waals surface area (Å²) in [6.07, 6.45) is 4.24. The van der Waals surface area contributed by atoms with Crippen LogP contribution in [0.15, 0.2) is 36.4 Å². The number of piperazine rings is 1. The first-order valence-electron chi connectivity index (χ1n) is 6.01. The van der Waals surface area contributed by atoms with E-state index in [1.165, 1.54) is 0 Å². The quantitative estimate of drug-likeness (QED) is 0.588. The molecule has 1 aliphatic heterocycles. The van der Waals surface area contributed by atoms with Crippen molar-refractivity contribution in [2.24, 2.45) is 0 Å². The number of hydrogen-bond donors (Lipinski definition) is 0. The van der Waals surface area contributed by atoms with Gasteiger partial charge in [0, 0.05) is 32.3 Å². The Bertz CT molecular complexity index is 434. The van der Waals surface area contributed by atoms with Crippen molar-refractivity contribution in [2.45, 2.75) is 0 Å². The van der Waals surface area contributed by atoms with Gasteiger partial charge in [0.05, 0.1) is 0 Å². The molecular formula is C14H16N2O2. The van der Waals surface area contributed by atoms with Gasteiger partial charge in [-0.1, -0.05) is 30.3 Å². The standard InChI is InChI=1S/C14H16N2O2/c17-12-15-8-10-16(11-9-15)14(18)7-6-13-4-2-1-3-5-13/h1-7,12H,8-11H2. The van der Waals surface area contributed by atoms with E-state index >= 15 is 0 Å². The van der Waals surface area contributed by atoms with Crippen LogP contribution < -0.4 is 0 Å². The Hall–Kier alpha value is -2.10. The van der Waals surface area contributed by atoms with Crippen LogP contribution in [0.3, 0.4) is 0 Å². The predicted molar refractivity (Wildman–Crippen MR) is 69.7 cm³/mol. The smallest absolute Gasteiger partial charge is 0.246 e. The van der Waals surface area contributed by atoms with Crippen LogP contribution in [-0.2, 0) is 9.59 Å². The predicted octanol–water partition coefficient (Wildman–Crippen LogP) is 1.00. The van der Waals surface area contributed by atoms with Gasteiger partial charge in [-0.15, -0.1) is 0 Å². The van der Waals surface area contributed by atoms with Crippen LogP contribution in [0, 0.1) is 0 Å². The minimum Gasteiger partial charge on any atom is -0.342 e. The van der Waals surface area contributed by atoms with Gasteiger partial charge >= 0.3 is 0 Å². The maximum absolute atomic E-state index is 11.9. The SMILES string of the molecule is O=CN1CCN(C(=O)C=Cc2ccccc2)CC1. The van der Waals surface area contributed by atoms with Gasteiger partial charge in [-0.05, 0) is 11.6 Å². The summed E-state index contributed by atoms with van der Waals surface area (Å²) in [5.74, 6) is 0.00408. The zero-order valence-corrected chi connectivity index (χ0v) is 10.2. The fourth-order valence-electron chi connectivity index (χ4n) is 1.88. The molecule has 1 aromatic carbocycles. The molecule has 1 fully saturated rings. The minimum atomic E-state index is 0.00408. The third-order valence-electron chi connectivity index (χ3n) is 2.99. The Morgan fingerprint density at radius 3 is 2.33 bits per heavy atom. The van der Waals surface area contributed by atoms with Gasteiger partial charge in [-0.2, -0.15) is 0 Å². The highest BCUT2D eigenvalue weighted by Gasteiger charge is 2.17. The lowest BCUT2D eigenvalue weighted by Crippen LogP contribution is -2.47. The second-order valence-corrected chi connectivity index (χ2v) is 4.21. The van der Waals surface area contributed by atoms with Crippen molar-refractivity contribution in [1.82, 2.24) is 9.80 Å². The molecular weight excluding hydrogens is 228 g/mol. The van der Waals surface area contributed by atoms with E-state index in [9.17, 15) is 9.59 Å². The van der Waals surface area contributed by atoms with Crippen LogP contribution >= 0.6 is 0 Å². The Kier molecular flexibility index (Phi) is 4.12. The Balaban J connectivity index is 1.89. The van der Waals surface area contributed by atoms with Crippen LogP contribution in [0.5, 0.6) is 0 Å². The highest BCUT2D eigenvalue weighted by atomic mass is 16.2. The minimum absolute atomic E-state index is 0.00408. The van der Waals surface area contributed by atoms with Crippen molar-refractivity contribution in [2.75, 3.05) is 26.2 Å². The molecule has 0 spiro atoms. The van der Waals surface area contributed by atoms with Crippen molar-refractivity contribution < 1.29 is 9.59 Å². The molecule has 0 saturated carbocycles. The number of rotatable bonds is 3. The normalized spacial score (nSPS) is 16.0. The fraction of sp³-hybridized carbons (Fsp3) is 0.286. The molecule has 0 radical (unpaired) electrons. The highest BCUT2D eigenvalue weighted by Crippen LogP contribution is 2.04. The Morgan fingerprint density at radius 2 is 1.72 bits per heavy atom. The van der Waals surface area contributed by atoms with Gasteiger partial charge in [-0.25, -0.2) is 0 Å². The summed E-state index contributed by atoms with van der Waals surface area (Å²) in [6, 6.07) is 9.72. The molecule has 0 bridgehead atoms. The number of amides is 2. The molecule has 0 atom stereocenters. The number of carbonyl (C=O) groups excluding carboxylic acids is 2. The van der Waals surface area contributed by atoms with Crippen LogP contribution in [0.2, 0.25) is 0 Å². The molecule has 0 N–H and O–H groups in total. The lowest BCUT2D eigenvalue weighted by Gasteiger charge is -2.31. The molecule has 1 heterocycles. The maximum atomic E-state index is 11.9. The highest BCUT2D eigenvalue weighted by molar-refractivity contribution is 5.91. The lowest BCUT2D eigenvalue weighted by atomic mass is 10.2. The number of hydrogen-bond acceptors (Lipinski definition) is 2. The number of benzene rings is 1. The van der Waals surface area contributed by atoms with E-state index in [4.69, 9.17) is 0 Å². The molecule has 1 saturated heterocycles. The van der Waals surface area contributed by atoms with Gasteiger partial charge in [0.2, 0.25) is 12.3 Å². The van der Waals surface area contributed by atoms with Gasteiger partial charge in [0.1, 0.15) is 0 Å². The van der Waals surface area contributed by atoms with E-state index in [0.29, 0.717) is 26.2 Å². The van der Waals surface area contributed by atoms with Gasteiger partial charge in [0.25, 0.3) is 0 Å². The maximum Gasteiger partial charge on any atom is 0.246 e. The largest absolute Gasteiger partial charge is 0.342 e. The van der Waals surface area contributed by atoms with Crippen LogP contribution in [-0.4, -0.2) is 48.3 Å². The van der Waals surface area contributed by atoms with Gasteiger partial charge in [-0.3, -0.25) is 9.59 Å². The molecule has 1 aromatic rings. The van der Waals surface area contributed by atoms with E-state index < -0.39 is 0 Å². The van der Waals surface area contributed by atoms with Crippen molar-refractivity contribution in [3.05, 3.63) is 42.0 Å². The summed E-state index contributed by atoms with van der Waals surface area (Å²) >= 11 is 0. The monoisotopic (exact) mass is 244 g/mol. The average molecular weight is 244 g/mol. The fourth-order valence-corrected chi connectivity index (χ4v) is 1.88. The summed E-state index contributed by atoms with van der Waals surface area (Å²) in [4.78, 5) is 25.9. The third kappa shape index (κ3) is 3.20. The van der Waals surface area contributed by atoms with Crippen molar-refractivity contribution >= 4 is 18.4 Å². The molecule has 1 aliphatic rings. The molecule has 4 heteroatoms. The first kappa shape index (κ1) is 12.4. The molecule has 0 aliphatic carbocycles. The Labute approximate surface area is 106 Å². The molecule has 2 rings (SSSR count). The van der Waals surface area contributed by atoms with Crippen molar-refractivity contribution in [3.8, 4) is 0 Å². The third-order valence-corrected chi connectivity index (χ3v) is 2.99. The number of nitrogens with zero attached hydrogens (tertiary/aromatic N) is 2. The Morgan fingerprint density at radius 1 is 1.06 bits per heavy atom. The molecule has 94 valence electrons. The van der Waals surface area contributed by atoms with Crippen molar-refractivity contribution in [3.63, 3.8) is 0 Å². The van der Waals surface area contributed by atoms with Gasteiger partial charge in [0.15, 0.2) is 0 Å². The van der Waals surface area contributed by atoms with E-state index in [0.717, 1.165) is 12.0 Å². The van der Waals surface area contributed by atoms with E-state index in [-0.39, 0.29) is 5.91 Å². The summed E-state index contributed by atoms with van der Waals surface area (Å²) in [7, 11) is 0. The zero-order chi connectivity index (χ0) is 12.8.